The molecule has 1 aromatic rings. The van der Waals surface area contributed by atoms with Gasteiger partial charge in [0.2, 0.25) is 0 Å². The molecule has 24 heavy (non-hydrogen) atoms. The van der Waals surface area contributed by atoms with Crippen LogP contribution in [0.3, 0.4) is 0 Å². The number of nitrogens with zero attached hydrogens (tertiary/aromatic N) is 3. The molecule has 0 radical (unpaired) electrons. The maximum absolute atomic E-state index is 12.2. The van der Waals surface area contributed by atoms with E-state index in [-0.39, 0.29) is 6.54 Å². The number of hydrogen-bond donors (Lipinski definition) is 1. The monoisotopic (exact) mass is 355 g/mol. The molecule has 1 amide bonds. The van der Waals surface area contributed by atoms with Gasteiger partial charge in [0, 0.05) is 25.8 Å². The Kier molecular flexibility index (Phi) is 5.66. The third kappa shape index (κ3) is 4.82. The minimum absolute atomic E-state index is 0.0642. The predicted molar refractivity (Wildman–Crippen MR) is 88.9 cm³/mol. The number of hydrogen-bond acceptors (Lipinski definition) is 5. The molecule has 1 aliphatic rings. The van der Waals surface area contributed by atoms with Crippen LogP contribution in [0, 0.1) is 0 Å². The Morgan fingerprint density at radius 2 is 2.12 bits per heavy atom. The lowest BCUT2D eigenvalue weighted by molar-refractivity contribution is -0.145. The lowest BCUT2D eigenvalue weighted by Gasteiger charge is -2.39. The molecule has 1 saturated heterocycles. The molecular weight excluding hydrogens is 334 g/mol. The molecule has 1 fully saturated rings. The standard InChI is InChI=1S/C16H22ClN3O4/c1-16(2,3)24-15(23)20-8-7-19(13(10-20)14(21)22)9-12-11(17)5-4-6-18-12/h4-6,13H,7-10H2,1-3H3,(H,21,22). The first-order valence-corrected chi connectivity index (χ1v) is 8.09. The fourth-order valence-electron chi connectivity index (χ4n) is 2.46. The maximum Gasteiger partial charge on any atom is 0.410 e. The van der Waals surface area contributed by atoms with Gasteiger partial charge in [0.1, 0.15) is 11.6 Å². The van der Waals surface area contributed by atoms with Crippen LogP contribution in [-0.4, -0.2) is 63.2 Å². The van der Waals surface area contributed by atoms with Crippen molar-refractivity contribution in [3.05, 3.63) is 29.0 Å². The zero-order valence-electron chi connectivity index (χ0n) is 14.0. The van der Waals surface area contributed by atoms with E-state index in [1.54, 1.807) is 44.0 Å². The number of carboxylic acids is 1. The summed E-state index contributed by atoms with van der Waals surface area (Å²) in [5, 5.41) is 10.0. The van der Waals surface area contributed by atoms with Crippen molar-refractivity contribution in [3.63, 3.8) is 0 Å². The summed E-state index contributed by atoms with van der Waals surface area (Å²) in [7, 11) is 0. The molecule has 7 nitrogen and oxygen atoms in total. The fraction of sp³-hybridized carbons (Fsp3) is 0.562. The fourth-order valence-corrected chi connectivity index (χ4v) is 2.64. The highest BCUT2D eigenvalue weighted by molar-refractivity contribution is 6.31. The third-order valence-corrected chi connectivity index (χ3v) is 3.96. The molecule has 0 spiro atoms. The highest BCUT2D eigenvalue weighted by atomic mass is 35.5. The molecule has 1 aromatic heterocycles. The van der Waals surface area contributed by atoms with Crippen LogP contribution in [0.2, 0.25) is 5.02 Å². The van der Waals surface area contributed by atoms with Gasteiger partial charge in [-0.15, -0.1) is 0 Å². The minimum atomic E-state index is -0.990. The van der Waals surface area contributed by atoms with E-state index in [4.69, 9.17) is 16.3 Å². The number of aromatic nitrogens is 1. The Labute approximate surface area is 146 Å². The molecule has 0 saturated carbocycles. The molecule has 0 aliphatic carbocycles. The van der Waals surface area contributed by atoms with Crippen molar-refractivity contribution >= 4 is 23.7 Å². The number of aliphatic carboxylic acids is 1. The lowest BCUT2D eigenvalue weighted by Crippen LogP contribution is -2.57. The van der Waals surface area contributed by atoms with Gasteiger partial charge >= 0.3 is 12.1 Å². The van der Waals surface area contributed by atoms with E-state index in [1.807, 2.05) is 0 Å². The summed E-state index contributed by atoms with van der Waals surface area (Å²) >= 11 is 6.10. The molecule has 2 rings (SSSR count). The van der Waals surface area contributed by atoms with E-state index in [0.717, 1.165) is 0 Å². The average Bonchev–Trinajstić information content (AvgIpc) is 2.48. The number of carboxylic acid groups (broad SMARTS) is 1. The van der Waals surface area contributed by atoms with Gasteiger partial charge in [-0.3, -0.25) is 14.7 Å². The van der Waals surface area contributed by atoms with E-state index in [9.17, 15) is 14.7 Å². The predicted octanol–water partition coefficient (Wildman–Crippen LogP) is 2.24. The molecule has 8 heteroatoms. The lowest BCUT2D eigenvalue weighted by atomic mass is 10.1. The Balaban J connectivity index is 2.07. The number of piperazine rings is 1. The van der Waals surface area contributed by atoms with Crippen LogP contribution in [0.25, 0.3) is 0 Å². The normalized spacial score (nSPS) is 19.2. The molecule has 132 valence electrons. The Hall–Kier alpha value is -1.86. The van der Waals surface area contributed by atoms with Crippen LogP contribution in [0.4, 0.5) is 4.79 Å². The molecule has 0 aromatic carbocycles. The first kappa shape index (κ1) is 18.5. The number of halogens is 1. The van der Waals surface area contributed by atoms with Crippen molar-refractivity contribution in [1.29, 1.82) is 0 Å². The highest BCUT2D eigenvalue weighted by Gasteiger charge is 2.36. The second-order valence-corrected chi connectivity index (χ2v) is 7.09. The molecule has 1 unspecified atom stereocenters. The Morgan fingerprint density at radius 1 is 1.42 bits per heavy atom. The van der Waals surface area contributed by atoms with Gasteiger partial charge in [-0.2, -0.15) is 0 Å². The first-order chi connectivity index (χ1) is 11.2. The maximum atomic E-state index is 12.2. The van der Waals surface area contributed by atoms with Crippen molar-refractivity contribution in [2.45, 2.75) is 39.0 Å². The smallest absolute Gasteiger partial charge is 0.410 e. The summed E-state index contributed by atoms with van der Waals surface area (Å²) in [6, 6.07) is 2.61. The summed E-state index contributed by atoms with van der Waals surface area (Å²) in [6.07, 6.45) is 1.12. The van der Waals surface area contributed by atoms with Crippen molar-refractivity contribution in [2.24, 2.45) is 0 Å². The number of carbonyl (C=O) groups is 2. The van der Waals surface area contributed by atoms with Crippen LogP contribution in [0.5, 0.6) is 0 Å². The molecule has 1 N–H and O–H groups in total. The number of rotatable bonds is 3. The molecule has 1 atom stereocenters. The largest absolute Gasteiger partial charge is 0.480 e. The number of carbonyl (C=O) groups excluding carboxylic acids is 1. The second-order valence-electron chi connectivity index (χ2n) is 6.68. The minimum Gasteiger partial charge on any atom is -0.480 e. The van der Waals surface area contributed by atoms with Crippen LogP contribution < -0.4 is 0 Å². The highest BCUT2D eigenvalue weighted by Crippen LogP contribution is 2.20. The Morgan fingerprint density at radius 3 is 2.71 bits per heavy atom. The van der Waals surface area contributed by atoms with Gasteiger partial charge in [0.15, 0.2) is 0 Å². The van der Waals surface area contributed by atoms with Crippen LogP contribution in [-0.2, 0) is 16.1 Å². The van der Waals surface area contributed by atoms with Crippen LogP contribution >= 0.6 is 11.6 Å². The van der Waals surface area contributed by atoms with E-state index < -0.39 is 23.7 Å². The summed E-state index contributed by atoms with van der Waals surface area (Å²) in [5.74, 6) is -0.990. The summed E-state index contributed by atoms with van der Waals surface area (Å²) in [5.41, 5.74) is 0.00478. The van der Waals surface area contributed by atoms with E-state index in [1.165, 1.54) is 4.90 Å². The quantitative estimate of drug-likeness (QED) is 0.895. The molecular formula is C16H22ClN3O4. The van der Waals surface area contributed by atoms with Gasteiger partial charge in [-0.05, 0) is 32.9 Å². The number of amides is 1. The van der Waals surface area contributed by atoms with Gasteiger partial charge in [-0.25, -0.2) is 4.79 Å². The number of pyridine rings is 1. The van der Waals surface area contributed by atoms with Crippen molar-refractivity contribution in [2.75, 3.05) is 19.6 Å². The van der Waals surface area contributed by atoms with E-state index >= 15 is 0 Å². The van der Waals surface area contributed by atoms with Crippen molar-refractivity contribution < 1.29 is 19.4 Å². The summed E-state index contributed by atoms with van der Waals surface area (Å²) in [6.45, 7) is 6.51. The number of ether oxygens (including phenoxy) is 1. The van der Waals surface area contributed by atoms with Gasteiger partial charge in [0.05, 0.1) is 17.3 Å². The van der Waals surface area contributed by atoms with Crippen LogP contribution in [0.1, 0.15) is 26.5 Å². The topological polar surface area (TPSA) is 83.0 Å². The first-order valence-electron chi connectivity index (χ1n) is 7.71. The third-order valence-electron chi connectivity index (χ3n) is 3.62. The summed E-state index contributed by atoms with van der Waals surface area (Å²) < 4.78 is 5.32. The SMILES string of the molecule is CC(C)(C)OC(=O)N1CCN(Cc2ncccc2Cl)C(C(=O)O)C1. The van der Waals surface area contributed by atoms with E-state index in [2.05, 4.69) is 4.98 Å². The second kappa shape index (κ2) is 7.36. The Bertz CT molecular complexity index is 618. The summed E-state index contributed by atoms with van der Waals surface area (Å²) in [4.78, 5) is 31.2. The van der Waals surface area contributed by atoms with Crippen LogP contribution in [0.15, 0.2) is 18.3 Å². The molecule has 1 aliphatic heterocycles. The van der Waals surface area contributed by atoms with Crippen molar-refractivity contribution in [1.82, 2.24) is 14.8 Å². The van der Waals surface area contributed by atoms with E-state index in [0.29, 0.717) is 30.4 Å². The molecule has 0 bridgehead atoms. The van der Waals surface area contributed by atoms with Crippen molar-refractivity contribution in [3.8, 4) is 0 Å². The zero-order chi connectivity index (χ0) is 17.9. The van der Waals surface area contributed by atoms with Gasteiger partial charge in [0.25, 0.3) is 0 Å². The van der Waals surface area contributed by atoms with Gasteiger partial charge < -0.3 is 14.7 Å². The van der Waals surface area contributed by atoms with Gasteiger partial charge in [-0.1, -0.05) is 11.6 Å². The average molecular weight is 356 g/mol. The zero-order valence-corrected chi connectivity index (χ0v) is 14.8. The molecule has 2 heterocycles.